The second-order valence-electron chi connectivity index (χ2n) is 7.35. The lowest BCUT2D eigenvalue weighted by Crippen LogP contribution is -1.94. The van der Waals surface area contributed by atoms with E-state index in [1.54, 1.807) is 18.9 Å². The van der Waals surface area contributed by atoms with Crippen molar-refractivity contribution in [3.8, 4) is 51.0 Å². The molecule has 0 saturated carbocycles. The van der Waals surface area contributed by atoms with Gasteiger partial charge in [-0.2, -0.15) is 5.10 Å². The summed E-state index contributed by atoms with van der Waals surface area (Å²) in [4.78, 5) is 0. The quantitative estimate of drug-likeness (QED) is 0.290. The molecule has 33 heavy (non-hydrogen) atoms. The summed E-state index contributed by atoms with van der Waals surface area (Å²) in [7, 11) is 3.28. The van der Waals surface area contributed by atoms with Crippen LogP contribution in [0.5, 0.6) is 11.5 Å². The molecule has 0 radical (unpaired) electrons. The van der Waals surface area contributed by atoms with Crippen LogP contribution in [0.3, 0.4) is 0 Å². The van der Waals surface area contributed by atoms with Gasteiger partial charge in [0, 0.05) is 28.4 Å². The third kappa shape index (κ3) is 4.21. The molecule has 6 nitrogen and oxygen atoms in total. The summed E-state index contributed by atoms with van der Waals surface area (Å²) in [5, 5.41) is 9.76. The Morgan fingerprint density at radius 2 is 1.48 bits per heavy atom. The van der Waals surface area contributed by atoms with Gasteiger partial charge in [0.05, 0.1) is 25.5 Å². The number of ether oxygens (including phenoxy) is 2. The highest BCUT2D eigenvalue weighted by atomic mass is 35.5. The van der Waals surface area contributed by atoms with E-state index >= 15 is 0 Å². The summed E-state index contributed by atoms with van der Waals surface area (Å²) in [6, 6.07) is 24.9. The van der Waals surface area contributed by atoms with Gasteiger partial charge in [-0.05, 0) is 66.7 Å². The third-order valence-corrected chi connectivity index (χ3v) is 5.55. The van der Waals surface area contributed by atoms with Crippen molar-refractivity contribution < 1.29 is 14.0 Å². The molecule has 0 N–H and O–H groups in total. The summed E-state index contributed by atoms with van der Waals surface area (Å²) in [5.41, 5.74) is 5.00. The highest BCUT2D eigenvalue weighted by Crippen LogP contribution is 2.35. The van der Waals surface area contributed by atoms with Crippen LogP contribution in [-0.2, 0) is 0 Å². The zero-order chi connectivity index (χ0) is 22.8. The van der Waals surface area contributed by atoms with Crippen molar-refractivity contribution in [1.29, 1.82) is 0 Å². The summed E-state index contributed by atoms with van der Waals surface area (Å²) < 4.78 is 18.1. The molecule has 2 heterocycles. The molecule has 164 valence electrons. The normalized spacial score (nSPS) is 10.9. The third-order valence-electron chi connectivity index (χ3n) is 5.31. The molecule has 0 aliphatic rings. The lowest BCUT2D eigenvalue weighted by molar-refractivity contribution is 0.414. The van der Waals surface area contributed by atoms with Gasteiger partial charge in [0.25, 0.3) is 0 Å². The van der Waals surface area contributed by atoms with Gasteiger partial charge >= 0.3 is 0 Å². The first kappa shape index (κ1) is 20.8. The second kappa shape index (κ2) is 8.84. The molecule has 0 aliphatic carbocycles. The summed E-state index contributed by atoms with van der Waals surface area (Å²) in [5.74, 6) is 2.17. The minimum absolute atomic E-state index is 0.611. The Balaban J connectivity index is 1.60. The van der Waals surface area contributed by atoms with Gasteiger partial charge < -0.3 is 14.0 Å². The first-order valence-electron chi connectivity index (χ1n) is 10.3. The highest BCUT2D eigenvalue weighted by molar-refractivity contribution is 6.30. The van der Waals surface area contributed by atoms with Gasteiger partial charge in [-0.1, -0.05) is 22.8 Å². The van der Waals surface area contributed by atoms with Gasteiger partial charge in [0.1, 0.15) is 22.9 Å². The summed E-state index contributed by atoms with van der Waals surface area (Å²) in [6.45, 7) is 0. The van der Waals surface area contributed by atoms with Crippen LogP contribution < -0.4 is 9.47 Å². The van der Waals surface area contributed by atoms with Crippen molar-refractivity contribution in [2.45, 2.75) is 0 Å². The monoisotopic (exact) mass is 457 g/mol. The summed E-state index contributed by atoms with van der Waals surface area (Å²) >= 11 is 6.21. The van der Waals surface area contributed by atoms with E-state index in [0.29, 0.717) is 10.8 Å². The van der Waals surface area contributed by atoms with Crippen LogP contribution in [0.25, 0.3) is 39.5 Å². The van der Waals surface area contributed by atoms with E-state index in [-0.39, 0.29) is 0 Å². The average molecular weight is 458 g/mol. The predicted molar refractivity (Wildman–Crippen MR) is 128 cm³/mol. The molecular formula is C26H20ClN3O3. The smallest absolute Gasteiger partial charge is 0.171 e. The molecular weight excluding hydrogens is 438 g/mol. The number of benzene rings is 3. The Bertz CT molecular complexity index is 1390. The minimum Gasteiger partial charge on any atom is -0.497 e. The number of nitrogens with zero attached hydrogens (tertiary/aromatic N) is 3. The molecule has 0 bridgehead atoms. The van der Waals surface area contributed by atoms with Crippen LogP contribution in [-0.4, -0.2) is 29.2 Å². The number of aromatic nitrogens is 3. The molecule has 0 unspecified atom stereocenters. The average Bonchev–Trinajstić information content (AvgIpc) is 3.52. The van der Waals surface area contributed by atoms with E-state index < -0.39 is 0 Å². The van der Waals surface area contributed by atoms with E-state index in [1.807, 2.05) is 85.1 Å². The number of hydrogen-bond donors (Lipinski definition) is 0. The van der Waals surface area contributed by atoms with Crippen molar-refractivity contribution in [2.75, 3.05) is 14.2 Å². The van der Waals surface area contributed by atoms with Crippen LogP contribution in [0.2, 0.25) is 5.02 Å². The minimum atomic E-state index is 0.611. The molecule has 0 aliphatic heterocycles. The molecule has 3 aromatic carbocycles. The fourth-order valence-corrected chi connectivity index (χ4v) is 3.75. The van der Waals surface area contributed by atoms with Gasteiger partial charge in [-0.3, -0.25) is 0 Å². The lowest BCUT2D eigenvalue weighted by atomic mass is 10.1. The first-order chi connectivity index (χ1) is 16.1. The van der Waals surface area contributed by atoms with Gasteiger partial charge in [-0.25, -0.2) is 4.68 Å². The second-order valence-corrected chi connectivity index (χ2v) is 7.79. The number of rotatable bonds is 6. The SMILES string of the molecule is COc1ccc(-c2cc(-c3cn(-c4cccc(Cl)c4)nc3-c3ccc(OC)cc3)on2)cc1. The molecule has 5 rings (SSSR count). The van der Waals surface area contributed by atoms with Crippen LogP contribution in [0.1, 0.15) is 0 Å². The van der Waals surface area contributed by atoms with Crippen LogP contribution in [0, 0.1) is 0 Å². The predicted octanol–water partition coefficient (Wildman–Crippen LogP) is 6.53. The molecule has 0 amide bonds. The van der Waals surface area contributed by atoms with Crippen LogP contribution in [0.4, 0.5) is 0 Å². The Labute approximate surface area is 195 Å². The molecule has 0 atom stereocenters. The van der Waals surface area contributed by atoms with E-state index in [1.165, 1.54) is 0 Å². The zero-order valence-corrected chi connectivity index (χ0v) is 18.8. The maximum atomic E-state index is 6.21. The van der Waals surface area contributed by atoms with Crippen molar-refractivity contribution >= 4 is 11.6 Å². The highest BCUT2D eigenvalue weighted by Gasteiger charge is 2.19. The Kier molecular flexibility index (Phi) is 5.59. The zero-order valence-electron chi connectivity index (χ0n) is 18.0. The maximum absolute atomic E-state index is 6.21. The maximum Gasteiger partial charge on any atom is 0.171 e. The van der Waals surface area contributed by atoms with E-state index in [4.69, 9.17) is 30.7 Å². The summed E-state index contributed by atoms with van der Waals surface area (Å²) in [6.07, 6.45) is 1.92. The van der Waals surface area contributed by atoms with Gasteiger partial charge in [0.2, 0.25) is 0 Å². The molecule has 0 saturated heterocycles. The van der Waals surface area contributed by atoms with Crippen molar-refractivity contribution in [3.63, 3.8) is 0 Å². The van der Waals surface area contributed by atoms with Crippen molar-refractivity contribution in [2.24, 2.45) is 0 Å². The Morgan fingerprint density at radius 3 is 2.12 bits per heavy atom. The fourth-order valence-electron chi connectivity index (χ4n) is 3.57. The van der Waals surface area contributed by atoms with Crippen molar-refractivity contribution in [1.82, 2.24) is 14.9 Å². The largest absolute Gasteiger partial charge is 0.497 e. The fraction of sp³-hybridized carbons (Fsp3) is 0.0769. The van der Waals surface area contributed by atoms with Crippen LogP contribution >= 0.6 is 11.6 Å². The molecule has 5 aromatic rings. The van der Waals surface area contributed by atoms with Crippen LogP contribution in [0.15, 0.2) is 89.6 Å². The molecule has 2 aromatic heterocycles. The molecule has 7 heteroatoms. The molecule has 0 spiro atoms. The lowest BCUT2D eigenvalue weighted by Gasteiger charge is -2.03. The molecule has 0 fully saturated rings. The Morgan fingerprint density at radius 1 is 0.818 bits per heavy atom. The standard InChI is InChI=1S/C26H20ClN3O3/c1-31-21-10-6-17(7-11-21)24-15-25(33-29-24)23-16-30(20-5-3-4-19(27)14-20)28-26(23)18-8-12-22(32-2)13-9-18/h3-16H,1-2H3. The topological polar surface area (TPSA) is 62.3 Å². The Hall–Kier alpha value is -4.03. The number of hydrogen-bond acceptors (Lipinski definition) is 5. The number of methoxy groups -OCH3 is 2. The van der Waals surface area contributed by atoms with E-state index in [9.17, 15) is 0 Å². The first-order valence-corrected chi connectivity index (χ1v) is 10.6. The van der Waals surface area contributed by atoms with E-state index in [0.717, 1.165) is 45.3 Å². The van der Waals surface area contributed by atoms with Gasteiger partial charge in [0.15, 0.2) is 5.76 Å². The van der Waals surface area contributed by atoms with Gasteiger partial charge in [-0.15, -0.1) is 0 Å². The van der Waals surface area contributed by atoms with Crippen molar-refractivity contribution in [3.05, 3.63) is 90.1 Å². The van der Waals surface area contributed by atoms with E-state index in [2.05, 4.69) is 5.16 Å². The number of halogens is 1.